The highest BCUT2D eigenvalue weighted by atomic mass is 32.2. The zero-order valence-electron chi connectivity index (χ0n) is 17.3. The Kier molecular flexibility index (Phi) is 6.43. The molecule has 1 atom stereocenters. The highest BCUT2D eigenvalue weighted by Gasteiger charge is 2.32. The summed E-state index contributed by atoms with van der Waals surface area (Å²) in [5.41, 5.74) is 1.15. The normalized spacial score (nSPS) is 20.5. The third kappa shape index (κ3) is 4.83. The second-order valence-electron chi connectivity index (χ2n) is 7.89. The van der Waals surface area contributed by atoms with E-state index in [1.54, 1.807) is 4.90 Å². The number of carbonyl (C=O) groups excluding carboxylic acids is 1. The van der Waals surface area contributed by atoms with E-state index in [2.05, 4.69) is 22.3 Å². The second-order valence-corrected chi connectivity index (χ2v) is 9.80. The molecule has 2 saturated heterocycles. The van der Waals surface area contributed by atoms with E-state index in [-0.39, 0.29) is 43.1 Å². The number of halogens is 1. The van der Waals surface area contributed by atoms with Crippen LogP contribution >= 0.6 is 0 Å². The number of amides is 2. The van der Waals surface area contributed by atoms with Crippen LogP contribution in [0.4, 0.5) is 14.9 Å². The number of anilines is 1. The Bertz CT molecular complexity index is 1010. The molecule has 9 heteroatoms. The van der Waals surface area contributed by atoms with E-state index in [9.17, 15) is 17.6 Å². The van der Waals surface area contributed by atoms with Gasteiger partial charge in [0, 0.05) is 51.0 Å². The molecule has 0 spiro atoms. The number of rotatable bonds is 4. The molecule has 1 N–H and O–H groups in total. The summed E-state index contributed by atoms with van der Waals surface area (Å²) < 4.78 is 40.7. The van der Waals surface area contributed by atoms with Crippen molar-refractivity contribution in [3.8, 4) is 0 Å². The molecule has 2 amide bonds. The smallest absolute Gasteiger partial charge is 0.317 e. The maximum Gasteiger partial charge on any atom is 0.317 e. The van der Waals surface area contributed by atoms with Crippen molar-refractivity contribution in [3.05, 3.63) is 60.4 Å². The number of piperazine rings is 1. The van der Waals surface area contributed by atoms with Crippen LogP contribution in [0.5, 0.6) is 0 Å². The van der Waals surface area contributed by atoms with Gasteiger partial charge in [-0.2, -0.15) is 4.31 Å². The van der Waals surface area contributed by atoms with Crippen molar-refractivity contribution >= 4 is 21.7 Å². The number of hydrogen-bond acceptors (Lipinski definition) is 4. The molecule has 1 unspecified atom stereocenters. The van der Waals surface area contributed by atoms with Crippen LogP contribution in [0.3, 0.4) is 0 Å². The topological polar surface area (TPSA) is 73.0 Å². The lowest BCUT2D eigenvalue weighted by Crippen LogP contribution is -2.56. The van der Waals surface area contributed by atoms with Crippen LogP contribution in [0.1, 0.15) is 12.8 Å². The first-order valence-electron chi connectivity index (χ1n) is 10.6. The van der Waals surface area contributed by atoms with Gasteiger partial charge < -0.3 is 15.1 Å². The number of piperidine rings is 1. The van der Waals surface area contributed by atoms with E-state index in [1.165, 1.54) is 22.5 Å². The first-order valence-corrected chi connectivity index (χ1v) is 12.0. The monoisotopic (exact) mass is 446 g/mol. The van der Waals surface area contributed by atoms with E-state index < -0.39 is 15.8 Å². The van der Waals surface area contributed by atoms with E-state index in [0.717, 1.165) is 37.7 Å². The molecule has 4 rings (SSSR count). The van der Waals surface area contributed by atoms with E-state index in [0.29, 0.717) is 0 Å². The summed E-state index contributed by atoms with van der Waals surface area (Å²) in [6.07, 6.45) is 1.91. The van der Waals surface area contributed by atoms with Gasteiger partial charge in [-0.3, -0.25) is 0 Å². The average Bonchev–Trinajstić information content (AvgIpc) is 2.80. The summed E-state index contributed by atoms with van der Waals surface area (Å²) in [5, 5.41) is 3.10. The fourth-order valence-electron chi connectivity index (χ4n) is 4.16. The Balaban J connectivity index is 1.32. The highest BCUT2D eigenvalue weighted by molar-refractivity contribution is 7.89. The Hall–Kier alpha value is -2.65. The number of nitrogens with zero attached hydrogens (tertiary/aromatic N) is 3. The molecule has 0 aromatic heterocycles. The Morgan fingerprint density at radius 3 is 2.32 bits per heavy atom. The Morgan fingerprint density at radius 1 is 0.935 bits per heavy atom. The van der Waals surface area contributed by atoms with Gasteiger partial charge in [0.15, 0.2) is 0 Å². The van der Waals surface area contributed by atoms with Gasteiger partial charge in [-0.25, -0.2) is 17.6 Å². The van der Waals surface area contributed by atoms with Crippen molar-refractivity contribution in [1.82, 2.24) is 14.5 Å². The number of nitrogens with one attached hydrogen (secondary N) is 1. The molecule has 2 heterocycles. The third-order valence-electron chi connectivity index (χ3n) is 5.85. The predicted octanol–water partition coefficient (Wildman–Crippen LogP) is 2.51. The van der Waals surface area contributed by atoms with Gasteiger partial charge in [-0.1, -0.05) is 30.3 Å². The summed E-state index contributed by atoms with van der Waals surface area (Å²) in [7, 11) is -3.91. The first kappa shape index (κ1) is 21.6. The molecule has 166 valence electrons. The van der Waals surface area contributed by atoms with Gasteiger partial charge >= 0.3 is 6.03 Å². The van der Waals surface area contributed by atoms with Crippen molar-refractivity contribution in [2.24, 2.45) is 0 Å². The lowest BCUT2D eigenvalue weighted by Gasteiger charge is -2.38. The minimum atomic E-state index is -3.91. The standard InChI is InChI=1S/C22H27FN4O3S/c23-20-10-4-5-11-21(20)31(29,30)27-15-13-25(14-16-27)22(28)24-18-7-6-12-26(17-18)19-8-2-1-3-9-19/h1-5,8-11,18H,6-7,12-17H2,(H,24,28). The van der Waals surface area contributed by atoms with E-state index in [4.69, 9.17) is 0 Å². The summed E-state index contributed by atoms with van der Waals surface area (Å²) >= 11 is 0. The van der Waals surface area contributed by atoms with Crippen molar-refractivity contribution in [2.75, 3.05) is 44.2 Å². The highest BCUT2D eigenvalue weighted by Crippen LogP contribution is 2.22. The van der Waals surface area contributed by atoms with Crippen molar-refractivity contribution in [2.45, 2.75) is 23.8 Å². The molecular weight excluding hydrogens is 419 g/mol. The lowest BCUT2D eigenvalue weighted by molar-refractivity contribution is 0.167. The zero-order chi connectivity index (χ0) is 21.8. The number of hydrogen-bond donors (Lipinski definition) is 1. The first-order chi connectivity index (χ1) is 14.9. The molecule has 31 heavy (non-hydrogen) atoms. The second kappa shape index (κ2) is 9.23. The third-order valence-corrected chi connectivity index (χ3v) is 7.78. The Labute approximate surface area is 182 Å². The van der Waals surface area contributed by atoms with Gasteiger partial charge in [-0.05, 0) is 37.1 Å². The van der Waals surface area contributed by atoms with Crippen molar-refractivity contribution < 1.29 is 17.6 Å². The van der Waals surface area contributed by atoms with Crippen molar-refractivity contribution in [3.63, 3.8) is 0 Å². The molecule has 2 fully saturated rings. The van der Waals surface area contributed by atoms with Crippen LogP contribution in [0.15, 0.2) is 59.5 Å². The number of sulfonamides is 1. The predicted molar refractivity (Wildman–Crippen MR) is 117 cm³/mol. The summed E-state index contributed by atoms with van der Waals surface area (Å²) in [6.45, 7) is 2.54. The van der Waals surface area contributed by atoms with Crippen molar-refractivity contribution in [1.29, 1.82) is 0 Å². The van der Waals surface area contributed by atoms with Crippen LogP contribution in [0, 0.1) is 5.82 Å². The zero-order valence-corrected chi connectivity index (χ0v) is 18.1. The minimum Gasteiger partial charge on any atom is -0.369 e. The van der Waals surface area contributed by atoms with Gasteiger partial charge in [0.05, 0.1) is 0 Å². The fourth-order valence-corrected chi connectivity index (χ4v) is 5.65. The average molecular weight is 447 g/mol. The number of benzene rings is 2. The number of urea groups is 1. The number of carbonyl (C=O) groups is 1. The minimum absolute atomic E-state index is 0.0432. The molecule has 0 saturated carbocycles. The Morgan fingerprint density at radius 2 is 1.61 bits per heavy atom. The maximum atomic E-state index is 14.0. The number of para-hydroxylation sites is 1. The molecular formula is C22H27FN4O3S. The largest absolute Gasteiger partial charge is 0.369 e. The molecule has 2 aromatic carbocycles. The molecule has 2 aliphatic rings. The SMILES string of the molecule is O=C(NC1CCCN(c2ccccc2)C1)N1CCN(S(=O)(=O)c2ccccc2F)CC1. The van der Waals surface area contributed by atoms with Crippen LogP contribution in [-0.4, -0.2) is 69.0 Å². The van der Waals surface area contributed by atoms with Gasteiger partial charge in [0.25, 0.3) is 0 Å². The van der Waals surface area contributed by atoms with Crippen LogP contribution in [0.2, 0.25) is 0 Å². The quantitative estimate of drug-likeness (QED) is 0.783. The lowest BCUT2D eigenvalue weighted by atomic mass is 10.0. The summed E-state index contributed by atoms with van der Waals surface area (Å²) in [5.74, 6) is -0.761. The summed E-state index contributed by atoms with van der Waals surface area (Å²) in [4.78, 5) is 16.3. The van der Waals surface area contributed by atoms with E-state index >= 15 is 0 Å². The molecule has 7 nitrogen and oxygen atoms in total. The molecule has 0 bridgehead atoms. The summed E-state index contributed by atoms with van der Waals surface area (Å²) in [6, 6.07) is 15.4. The van der Waals surface area contributed by atoms with Gasteiger partial charge in [0.1, 0.15) is 10.7 Å². The van der Waals surface area contributed by atoms with Gasteiger partial charge in [0.2, 0.25) is 10.0 Å². The van der Waals surface area contributed by atoms with Crippen LogP contribution < -0.4 is 10.2 Å². The van der Waals surface area contributed by atoms with Gasteiger partial charge in [-0.15, -0.1) is 0 Å². The van der Waals surface area contributed by atoms with Crippen LogP contribution in [0.25, 0.3) is 0 Å². The molecule has 0 radical (unpaired) electrons. The molecule has 2 aliphatic heterocycles. The van der Waals surface area contributed by atoms with E-state index in [1.807, 2.05) is 18.2 Å². The van der Waals surface area contributed by atoms with Crippen LogP contribution in [-0.2, 0) is 10.0 Å². The maximum absolute atomic E-state index is 14.0. The fraction of sp³-hybridized carbons (Fsp3) is 0.409. The molecule has 0 aliphatic carbocycles. The molecule has 2 aromatic rings.